The van der Waals surface area contributed by atoms with Crippen molar-refractivity contribution in [2.75, 3.05) is 0 Å². The van der Waals surface area contributed by atoms with Crippen molar-refractivity contribution in [2.24, 2.45) is 11.3 Å². The van der Waals surface area contributed by atoms with Gasteiger partial charge in [0.2, 0.25) is 6.29 Å². The van der Waals surface area contributed by atoms with E-state index >= 15 is 0 Å². The Labute approximate surface area is 50.1 Å². The van der Waals surface area contributed by atoms with Crippen LogP contribution < -0.4 is 0 Å². The molecule has 1 fully saturated rings. The molecule has 1 nitrogen and oxygen atoms in total. The molecule has 0 N–H and O–H groups in total. The highest BCUT2D eigenvalue weighted by Gasteiger charge is 2.46. The third-order valence-corrected chi connectivity index (χ3v) is 2.10. The summed E-state index contributed by atoms with van der Waals surface area (Å²) in [6.45, 7) is 4.16. The zero-order chi connectivity index (χ0) is 6.20. The molecule has 0 spiro atoms. The summed E-state index contributed by atoms with van der Waals surface area (Å²) in [6, 6.07) is 0. The summed E-state index contributed by atoms with van der Waals surface area (Å²) in [4.78, 5) is 10.2. The molecule has 1 rings (SSSR count). The van der Waals surface area contributed by atoms with Gasteiger partial charge in [-0.15, -0.1) is 0 Å². The molecule has 0 aliphatic heterocycles. The molecule has 0 aromatic carbocycles. The van der Waals surface area contributed by atoms with Gasteiger partial charge in [-0.05, 0) is 18.8 Å². The summed E-state index contributed by atoms with van der Waals surface area (Å²) in [5.41, 5.74) is -0.0139. The molecule has 0 aromatic rings. The Kier molecular flexibility index (Phi) is 1.14. The maximum Gasteiger partial charge on any atom is 0.205 e. The van der Waals surface area contributed by atoms with Gasteiger partial charge in [0, 0.05) is 5.41 Å². The molecule has 0 saturated heterocycles. The Morgan fingerprint density at radius 2 is 2.00 bits per heavy atom. The quantitative estimate of drug-likeness (QED) is 0.528. The Bertz CT molecular complexity index is 101. The molecule has 1 aliphatic rings. The van der Waals surface area contributed by atoms with E-state index in [-0.39, 0.29) is 5.41 Å². The second-order valence-corrected chi connectivity index (χ2v) is 2.91. The van der Waals surface area contributed by atoms with Crippen molar-refractivity contribution in [2.45, 2.75) is 26.7 Å². The average molecular weight is 111 g/mol. The lowest BCUT2D eigenvalue weighted by Crippen LogP contribution is -2.09. The largest absolute Gasteiger partial charge is 0.290 e. The lowest BCUT2D eigenvalue weighted by Gasteiger charge is -2.07. The van der Waals surface area contributed by atoms with E-state index in [1.54, 1.807) is 0 Å². The minimum absolute atomic E-state index is 0.0139. The summed E-state index contributed by atoms with van der Waals surface area (Å²) in [7, 11) is 0. The van der Waals surface area contributed by atoms with E-state index in [1.165, 1.54) is 0 Å². The highest BCUT2D eigenvalue weighted by atomic mass is 16.1. The first-order valence-corrected chi connectivity index (χ1v) is 3.10. The third kappa shape index (κ3) is 0.662. The van der Waals surface area contributed by atoms with E-state index in [0.717, 1.165) is 12.8 Å². The van der Waals surface area contributed by atoms with Crippen LogP contribution in [0.15, 0.2) is 0 Å². The molecule has 0 bridgehead atoms. The minimum atomic E-state index is -0.0139. The topological polar surface area (TPSA) is 17.1 Å². The lowest BCUT2D eigenvalue weighted by molar-refractivity contribution is 0.433. The first-order chi connectivity index (χ1) is 3.71. The molecule has 8 heavy (non-hydrogen) atoms. The second-order valence-electron chi connectivity index (χ2n) is 2.91. The van der Waals surface area contributed by atoms with Crippen molar-refractivity contribution in [3.8, 4) is 0 Å². The number of carbonyl (C=O) groups excluding carboxylic acids is 1. The first-order valence-electron chi connectivity index (χ1n) is 3.10. The fourth-order valence-electron chi connectivity index (χ4n) is 0.932. The van der Waals surface area contributed by atoms with E-state index in [1.807, 2.05) is 0 Å². The second kappa shape index (κ2) is 1.57. The van der Waals surface area contributed by atoms with Gasteiger partial charge in [0.15, 0.2) is 0 Å². The fraction of sp³-hybridized carbons (Fsp3) is 0.857. The Hall–Kier alpha value is -0.330. The first kappa shape index (κ1) is 5.80. The van der Waals surface area contributed by atoms with Gasteiger partial charge in [-0.25, -0.2) is 0 Å². The van der Waals surface area contributed by atoms with Gasteiger partial charge in [0.05, 0.1) is 0 Å². The minimum Gasteiger partial charge on any atom is -0.290 e. The van der Waals surface area contributed by atoms with Crippen molar-refractivity contribution in [3.63, 3.8) is 0 Å². The predicted octanol–water partition coefficient (Wildman–Crippen LogP) is 1.53. The molecule has 45 valence electrons. The molecule has 0 aromatic heterocycles. The van der Waals surface area contributed by atoms with Gasteiger partial charge in [-0.3, -0.25) is 4.79 Å². The summed E-state index contributed by atoms with van der Waals surface area (Å²) >= 11 is 0. The maximum absolute atomic E-state index is 10.2. The lowest BCUT2D eigenvalue weighted by atomic mass is 9.95. The van der Waals surface area contributed by atoms with Crippen LogP contribution in [0.5, 0.6) is 0 Å². The van der Waals surface area contributed by atoms with E-state index in [4.69, 9.17) is 0 Å². The van der Waals surface area contributed by atoms with Gasteiger partial charge >= 0.3 is 0 Å². The van der Waals surface area contributed by atoms with Gasteiger partial charge in [-0.1, -0.05) is 13.8 Å². The van der Waals surface area contributed by atoms with Gasteiger partial charge in [0.25, 0.3) is 0 Å². The van der Waals surface area contributed by atoms with E-state index in [2.05, 4.69) is 20.1 Å². The highest BCUT2D eigenvalue weighted by molar-refractivity contribution is 5.64. The van der Waals surface area contributed by atoms with Crippen LogP contribution in [0.3, 0.4) is 0 Å². The number of hydrogen-bond donors (Lipinski definition) is 0. The molecular weight excluding hydrogens is 100 g/mol. The molecule has 1 saturated carbocycles. The Morgan fingerprint density at radius 3 is 2.00 bits per heavy atom. The summed E-state index contributed by atoms with van der Waals surface area (Å²) in [6.07, 6.45) is 4.23. The number of rotatable bonds is 2. The van der Waals surface area contributed by atoms with Crippen LogP contribution in [0.1, 0.15) is 26.7 Å². The third-order valence-electron chi connectivity index (χ3n) is 2.10. The van der Waals surface area contributed by atoms with Gasteiger partial charge in [-0.2, -0.15) is 0 Å². The molecule has 0 heterocycles. The monoisotopic (exact) mass is 111 g/mol. The van der Waals surface area contributed by atoms with Crippen LogP contribution in [0.2, 0.25) is 0 Å². The zero-order valence-corrected chi connectivity index (χ0v) is 5.40. The summed E-state index contributed by atoms with van der Waals surface area (Å²) in [5, 5.41) is 0. The van der Waals surface area contributed by atoms with Crippen LogP contribution in [0.4, 0.5) is 0 Å². The van der Waals surface area contributed by atoms with Crippen LogP contribution in [-0.2, 0) is 4.79 Å². The highest BCUT2D eigenvalue weighted by Crippen LogP contribution is 2.49. The fourth-order valence-corrected chi connectivity index (χ4v) is 0.932. The molecule has 1 aliphatic carbocycles. The van der Waals surface area contributed by atoms with E-state index in [0.29, 0.717) is 5.92 Å². The van der Waals surface area contributed by atoms with Crippen molar-refractivity contribution in [3.05, 3.63) is 0 Å². The summed E-state index contributed by atoms with van der Waals surface area (Å²) in [5.74, 6) is 0.500. The van der Waals surface area contributed by atoms with E-state index in [9.17, 15) is 4.79 Å². The molecule has 0 atom stereocenters. The SMILES string of the molecule is CC(C)C1([C]=O)CC1. The molecular formula is C7H11O. The molecule has 1 heteroatoms. The van der Waals surface area contributed by atoms with Crippen LogP contribution in [0, 0.1) is 11.3 Å². The van der Waals surface area contributed by atoms with Crippen LogP contribution >= 0.6 is 0 Å². The summed E-state index contributed by atoms with van der Waals surface area (Å²) < 4.78 is 0. The normalized spacial score (nSPS) is 23.4. The van der Waals surface area contributed by atoms with Crippen molar-refractivity contribution in [1.29, 1.82) is 0 Å². The van der Waals surface area contributed by atoms with Gasteiger partial charge < -0.3 is 0 Å². The predicted molar refractivity (Wildman–Crippen MR) is 32.2 cm³/mol. The van der Waals surface area contributed by atoms with Crippen molar-refractivity contribution in [1.82, 2.24) is 0 Å². The van der Waals surface area contributed by atoms with Crippen LogP contribution in [0.25, 0.3) is 0 Å². The number of hydrogen-bond acceptors (Lipinski definition) is 1. The Balaban J connectivity index is 2.53. The molecule has 0 amide bonds. The zero-order valence-electron chi connectivity index (χ0n) is 5.40. The van der Waals surface area contributed by atoms with E-state index < -0.39 is 0 Å². The average Bonchev–Trinajstić information content (AvgIpc) is 2.44. The van der Waals surface area contributed by atoms with Crippen molar-refractivity contribution >= 4 is 6.29 Å². The Morgan fingerprint density at radius 1 is 1.50 bits per heavy atom. The van der Waals surface area contributed by atoms with Crippen LogP contribution in [-0.4, -0.2) is 6.29 Å². The van der Waals surface area contributed by atoms with Crippen molar-refractivity contribution < 1.29 is 4.79 Å². The smallest absolute Gasteiger partial charge is 0.205 e. The standard InChI is InChI=1S/C7H11O/c1-6(2)7(5-8)3-4-7/h6H,3-4H2,1-2H3. The molecule has 0 unspecified atom stereocenters. The maximum atomic E-state index is 10.2. The van der Waals surface area contributed by atoms with Gasteiger partial charge in [0.1, 0.15) is 0 Å². The molecule has 1 radical (unpaired) electrons.